The molecule has 0 radical (unpaired) electrons. The van der Waals surface area contributed by atoms with Crippen LogP contribution in [0.1, 0.15) is 22.6 Å². The molecule has 0 amide bonds. The van der Waals surface area contributed by atoms with Gasteiger partial charge in [-0.3, -0.25) is 10.1 Å². The minimum atomic E-state index is -3.17. The van der Waals surface area contributed by atoms with E-state index in [9.17, 15) is 23.7 Å². The van der Waals surface area contributed by atoms with E-state index in [4.69, 9.17) is 10.2 Å². The van der Waals surface area contributed by atoms with Crippen molar-refractivity contribution in [1.29, 1.82) is 0 Å². The Morgan fingerprint density at radius 1 is 1.56 bits per heavy atom. The summed E-state index contributed by atoms with van der Waals surface area (Å²) in [6.45, 7) is 0. The maximum absolute atomic E-state index is 12.2. The second kappa shape index (κ2) is 4.04. The van der Waals surface area contributed by atoms with Gasteiger partial charge in [0.1, 0.15) is 5.69 Å². The van der Waals surface area contributed by atoms with Crippen LogP contribution >= 0.6 is 0 Å². The third-order valence-corrected chi connectivity index (χ3v) is 1.62. The highest BCUT2D eigenvalue weighted by atomic mass is 19.3. The average Bonchev–Trinajstić information content (AvgIpc) is 2.16. The molecule has 0 spiro atoms. The first kappa shape index (κ1) is 11.8. The lowest BCUT2D eigenvalue weighted by molar-refractivity contribution is -0.386. The number of aromatic nitrogens is 1. The summed E-state index contributed by atoms with van der Waals surface area (Å²) < 4.78 is 24.5. The molecule has 1 rings (SSSR count). The van der Waals surface area contributed by atoms with Crippen LogP contribution < -0.4 is 0 Å². The standard InChI is InChI=1S/C7H4F2N2O5/c8-6(9)2-1-3(11(15)16)5(12)4(10-2)7(13)14/h1,6,12H,(H,13,14). The molecule has 0 unspecified atom stereocenters. The van der Waals surface area contributed by atoms with Gasteiger partial charge in [0.15, 0.2) is 5.69 Å². The number of halogens is 2. The predicted octanol–water partition coefficient (Wildman–Crippen LogP) is 1.33. The highest BCUT2D eigenvalue weighted by molar-refractivity contribution is 5.90. The third-order valence-electron chi connectivity index (χ3n) is 1.62. The van der Waals surface area contributed by atoms with Gasteiger partial charge in [0.05, 0.1) is 4.92 Å². The molecule has 0 aliphatic heterocycles. The predicted molar refractivity (Wildman–Crippen MR) is 44.5 cm³/mol. The molecule has 7 nitrogen and oxygen atoms in total. The van der Waals surface area contributed by atoms with Crippen molar-refractivity contribution in [2.45, 2.75) is 6.43 Å². The molecule has 1 aromatic rings. The molecule has 1 heterocycles. The van der Waals surface area contributed by atoms with E-state index in [1.54, 1.807) is 0 Å². The lowest BCUT2D eigenvalue weighted by Crippen LogP contribution is -2.06. The Kier molecular flexibility index (Phi) is 2.97. The van der Waals surface area contributed by atoms with Crippen molar-refractivity contribution < 1.29 is 28.7 Å². The van der Waals surface area contributed by atoms with Crippen LogP contribution in [0.5, 0.6) is 5.75 Å². The van der Waals surface area contributed by atoms with Gasteiger partial charge in [-0.25, -0.2) is 18.6 Å². The van der Waals surface area contributed by atoms with E-state index in [0.717, 1.165) is 0 Å². The van der Waals surface area contributed by atoms with E-state index in [-0.39, 0.29) is 0 Å². The third kappa shape index (κ3) is 2.02. The van der Waals surface area contributed by atoms with Crippen molar-refractivity contribution >= 4 is 11.7 Å². The summed E-state index contributed by atoms with van der Waals surface area (Å²) in [7, 11) is 0. The number of hydrogen-bond acceptors (Lipinski definition) is 5. The molecule has 0 saturated carbocycles. The Balaban J connectivity index is 3.51. The molecule has 0 saturated heterocycles. The fourth-order valence-electron chi connectivity index (χ4n) is 0.944. The molecule has 86 valence electrons. The van der Waals surface area contributed by atoms with Gasteiger partial charge in [0.2, 0.25) is 5.75 Å². The number of alkyl halides is 2. The fraction of sp³-hybridized carbons (Fsp3) is 0.143. The molecular formula is C7H4F2N2O5. The van der Waals surface area contributed by atoms with Gasteiger partial charge in [-0.1, -0.05) is 0 Å². The summed E-state index contributed by atoms with van der Waals surface area (Å²) in [6, 6.07) is 0.326. The van der Waals surface area contributed by atoms with Crippen LogP contribution in [0, 0.1) is 10.1 Å². The Morgan fingerprint density at radius 3 is 2.50 bits per heavy atom. The van der Waals surface area contributed by atoms with Crippen LogP contribution in [0.2, 0.25) is 0 Å². The van der Waals surface area contributed by atoms with Gasteiger partial charge in [0.25, 0.3) is 6.43 Å². The summed E-state index contributed by atoms with van der Waals surface area (Å²) in [5.74, 6) is -3.08. The van der Waals surface area contributed by atoms with Gasteiger partial charge in [0, 0.05) is 6.07 Å². The number of aromatic carboxylic acids is 1. The largest absolute Gasteiger partial charge is 0.500 e. The van der Waals surface area contributed by atoms with Crippen LogP contribution in [0.3, 0.4) is 0 Å². The normalized spacial score (nSPS) is 10.4. The number of aromatic hydroxyl groups is 1. The maximum Gasteiger partial charge on any atom is 0.358 e. The SMILES string of the molecule is O=C(O)c1nc(C(F)F)cc([N+](=O)[O-])c1O. The minimum Gasteiger partial charge on any atom is -0.500 e. The minimum absolute atomic E-state index is 0.326. The van der Waals surface area contributed by atoms with Crippen molar-refractivity contribution in [3.8, 4) is 5.75 Å². The first-order valence-corrected chi connectivity index (χ1v) is 3.74. The maximum atomic E-state index is 12.2. The van der Waals surface area contributed by atoms with Gasteiger partial charge < -0.3 is 10.2 Å². The van der Waals surface area contributed by atoms with Gasteiger partial charge in [-0.05, 0) is 0 Å². The zero-order valence-electron chi connectivity index (χ0n) is 7.42. The second-order valence-corrected chi connectivity index (χ2v) is 2.63. The number of carbonyl (C=O) groups is 1. The van der Waals surface area contributed by atoms with Gasteiger partial charge in [-0.2, -0.15) is 0 Å². The van der Waals surface area contributed by atoms with Gasteiger partial charge >= 0.3 is 11.7 Å². The molecule has 0 bridgehead atoms. The van der Waals surface area contributed by atoms with Crippen LogP contribution in [0.4, 0.5) is 14.5 Å². The highest BCUT2D eigenvalue weighted by Gasteiger charge is 2.27. The molecule has 0 aliphatic rings. The lowest BCUT2D eigenvalue weighted by Gasteiger charge is -2.03. The van der Waals surface area contributed by atoms with Crippen molar-refractivity contribution in [3.05, 3.63) is 27.6 Å². The summed E-state index contributed by atoms with van der Waals surface area (Å²) in [5.41, 5.74) is -3.38. The number of nitro groups is 1. The van der Waals surface area contributed by atoms with Crippen LogP contribution in [-0.4, -0.2) is 26.1 Å². The quantitative estimate of drug-likeness (QED) is 0.602. The summed E-state index contributed by atoms with van der Waals surface area (Å²) in [5, 5.41) is 27.9. The number of nitrogens with zero attached hydrogens (tertiary/aromatic N) is 2. The van der Waals surface area contributed by atoms with Crippen molar-refractivity contribution in [3.63, 3.8) is 0 Å². The van der Waals surface area contributed by atoms with Crippen LogP contribution in [0.15, 0.2) is 6.07 Å². The topological polar surface area (TPSA) is 114 Å². The van der Waals surface area contributed by atoms with E-state index in [2.05, 4.69) is 4.98 Å². The number of carboxylic acids is 1. The monoisotopic (exact) mass is 234 g/mol. The lowest BCUT2D eigenvalue weighted by atomic mass is 10.2. The summed E-state index contributed by atoms with van der Waals surface area (Å²) in [6.07, 6.45) is -3.17. The number of hydrogen-bond donors (Lipinski definition) is 2. The van der Waals surface area contributed by atoms with Crippen molar-refractivity contribution in [1.82, 2.24) is 4.98 Å². The zero-order valence-corrected chi connectivity index (χ0v) is 7.42. The van der Waals surface area contributed by atoms with E-state index in [1.807, 2.05) is 0 Å². The van der Waals surface area contributed by atoms with Crippen molar-refractivity contribution in [2.75, 3.05) is 0 Å². The van der Waals surface area contributed by atoms with E-state index >= 15 is 0 Å². The first-order chi connectivity index (χ1) is 7.34. The summed E-state index contributed by atoms with van der Waals surface area (Å²) >= 11 is 0. The number of pyridine rings is 1. The molecule has 9 heteroatoms. The molecular weight excluding hydrogens is 230 g/mol. The molecule has 16 heavy (non-hydrogen) atoms. The molecule has 0 atom stereocenters. The molecule has 0 aromatic carbocycles. The second-order valence-electron chi connectivity index (χ2n) is 2.63. The smallest absolute Gasteiger partial charge is 0.358 e. The molecule has 2 N–H and O–H groups in total. The van der Waals surface area contributed by atoms with Crippen LogP contribution in [-0.2, 0) is 0 Å². The molecule has 1 aromatic heterocycles. The Labute approximate surface area is 86.1 Å². The number of carboxylic acid groups (broad SMARTS) is 1. The van der Waals surface area contributed by atoms with Crippen LogP contribution in [0.25, 0.3) is 0 Å². The highest BCUT2D eigenvalue weighted by Crippen LogP contribution is 2.32. The van der Waals surface area contributed by atoms with E-state index in [1.165, 1.54) is 0 Å². The zero-order chi connectivity index (χ0) is 12.5. The first-order valence-electron chi connectivity index (χ1n) is 3.74. The Morgan fingerprint density at radius 2 is 2.12 bits per heavy atom. The van der Waals surface area contributed by atoms with Crippen molar-refractivity contribution in [2.24, 2.45) is 0 Å². The van der Waals surface area contributed by atoms with E-state index < -0.39 is 40.1 Å². The Bertz CT molecular complexity index is 427. The average molecular weight is 234 g/mol. The molecule has 0 fully saturated rings. The van der Waals surface area contributed by atoms with E-state index in [0.29, 0.717) is 6.07 Å². The fourth-order valence-corrected chi connectivity index (χ4v) is 0.944. The number of rotatable bonds is 3. The Hall–Kier alpha value is -2.32. The summed E-state index contributed by atoms with van der Waals surface area (Å²) in [4.78, 5) is 22.6. The molecule has 0 aliphatic carbocycles. The van der Waals surface area contributed by atoms with Gasteiger partial charge in [-0.15, -0.1) is 0 Å².